The summed E-state index contributed by atoms with van der Waals surface area (Å²) in [6.45, 7) is 1.10. The molecule has 0 bridgehead atoms. The van der Waals surface area contributed by atoms with Gasteiger partial charge in [0.15, 0.2) is 17.3 Å². The Morgan fingerprint density at radius 1 is 0.938 bits per heavy atom. The SMILES string of the molecule is O=C(Nc1cc2c(cc1Cl)OCCCO2)c1ccccc1-c1ncc(-c2ccccc2)o1. The number of anilines is 1. The lowest BCUT2D eigenvalue weighted by Crippen LogP contribution is -2.13. The third-order valence-electron chi connectivity index (χ3n) is 5.05. The third kappa shape index (κ3) is 4.05. The van der Waals surface area contributed by atoms with Gasteiger partial charge in [-0.3, -0.25) is 4.79 Å². The number of hydrogen-bond donors (Lipinski definition) is 1. The number of nitrogens with zero attached hydrogens (tertiary/aromatic N) is 1. The van der Waals surface area contributed by atoms with E-state index in [1.807, 2.05) is 36.4 Å². The molecule has 5 rings (SSSR count). The number of amides is 1. The molecule has 1 aliphatic rings. The number of oxazole rings is 1. The maximum Gasteiger partial charge on any atom is 0.256 e. The monoisotopic (exact) mass is 446 g/mol. The molecular weight excluding hydrogens is 428 g/mol. The zero-order chi connectivity index (χ0) is 21.9. The number of fused-ring (bicyclic) bond motifs is 1. The number of rotatable bonds is 4. The molecule has 7 heteroatoms. The molecule has 6 nitrogen and oxygen atoms in total. The highest BCUT2D eigenvalue weighted by atomic mass is 35.5. The van der Waals surface area contributed by atoms with Crippen molar-refractivity contribution in [1.82, 2.24) is 4.98 Å². The summed E-state index contributed by atoms with van der Waals surface area (Å²) < 4.78 is 17.3. The van der Waals surface area contributed by atoms with Gasteiger partial charge in [0.2, 0.25) is 5.89 Å². The average molecular weight is 447 g/mol. The second-order valence-electron chi connectivity index (χ2n) is 7.22. The number of aromatic nitrogens is 1. The van der Waals surface area contributed by atoms with Gasteiger partial charge in [0.05, 0.1) is 35.7 Å². The van der Waals surface area contributed by atoms with Crippen LogP contribution < -0.4 is 14.8 Å². The first-order valence-corrected chi connectivity index (χ1v) is 10.6. The minimum Gasteiger partial charge on any atom is -0.490 e. The molecule has 0 unspecified atom stereocenters. The average Bonchev–Trinajstić information content (AvgIpc) is 3.21. The van der Waals surface area contributed by atoms with Gasteiger partial charge in [0, 0.05) is 29.7 Å². The van der Waals surface area contributed by atoms with E-state index in [2.05, 4.69) is 10.3 Å². The highest BCUT2D eigenvalue weighted by Crippen LogP contribution is 2.38. The van der Waals surface area contributed by atoms with Gasteiger partial charge in [-0.25, -0.2) is 4.98 Å². The van der Waals surface area contributed by atoms with Crippen LogP contribution in [-0.2, 0) is 0 Å². The minimum absolute atomic E-state index is 0.337. The van der Waals surface area contributed by atoms with E-state index in [1.165, 1.54) is 0 Å². The van der Waals surface area contributed by atoms with Gasteiger partial charge in [-0.1, -0.05) is 54.1 Å². The predicted molar refractivity (Wildman–Crippen MR) is 122 cm³/mol. The lowest BCUT2D eigenvalue weighted by atomic mass is 10.1. The fourth-order valence-corrected chi connectivity index (χ4v) is 3.67. The molecule has 160 valence electrons. The standard InChI is InChI=1S/C25H19ClN2O4/c26-19-13-21-22(31-12-6-11-30-21)14-20(19)28-24(29)17-9-4-5-10-18(17)25-27-15-23(32-25)16-7-2-1-3-8-16/h1-5,7-10,13-15H,6,11-12H2,(H,28,29). The Balaban J connectivity index is 1.44. The van der Waals surface area contributed by atoms with Crippen molar-refractivity contribution in [3.05, 3.63) is 83.5 Å². The van der Waals surface area contributed by atoms with Crippen LogP contribution in [0.15, 0.2) is 77.3 Å². The van der Waals surface area contributed by atoms with Crippen molar-refractivity contribution in [3.63, 3.8) is 0 Å². The first-order valence-electron chi connectivity index (χ1n) is 10.2. The highest BCUT2D eigenvalue weighted by molar-refractivity contribution is 6.34. The largest absolute Gasteiger partial charge is 0.490 e. The molecule has 4 aromatic rings. The van der Waals surface area contributed by atoms with Gasteiger partial charge < -0.3 is 19.2 Å². The third-order valence-corrected chi connectivity index (χ3v) is 5.36. The molecule has 1 aliphatic heterocycles. The van der Waals surface area contributed by atoms with E-state index in [-0.39, 0.29) is 5.91 Å². The molecule has 1 amide bonds. The molecule has 0 saturated carbocycles. The topological polar surface area (TPSA) is 73.6 Å². The van der Waals surface area contributed by atoms with Gasteiger partial charge in [-0.2, -0.15) is 0 Å². The molecule has 0 spiro atoms. The van der Waals surface area contributed by atoms with Gasteiger partial charge in [-0.15, -0.1) is 0 Å². The summed E-state index contributed by atoms with van der Waals surface area (Å²) in [7, 11) is 0. The van der Waals surface area contributed by atoms with Crippen molar-refractivity contribution in [2.24, 2.45) is 0 Å². The maximum absolute atomic E-state index is 13.2. The van der Waals surface area contributed by atoms with Crippen molar-refractivity contribution in [1.29, 1.82) is 0 Å². The van der Waals surface area contributed by atoms with E-state index in [0.717, 1.165) is 12.0 Å². The Bertz CT molecular complexity index is 1270. The number of carbonyl (C=O) groups is 1. The van der Waals surface area contributed by atoms with Crippen molar-refractivity contribution in [2.75, 3.05) is 18.5 Å². The summed E-state index contributed by atoms with van der Waals surface area (Å²) in [4.78, 5) is 17.6. The predicted octanol–water partition coefficient (Wildman–Crippen LogP) is 6.08. The van der Waals surface area contributed by atoms with Gasteiger partial charge in [0.25, 0.3) is 5.91 Å². The van der Waals surface area contributed by atoms with Crippen molar-refractivity contribution in [2.45, 2.75) is 6.42 Å². The van der Waals surface area contributed by atoms with Crippen LogP contribution in [0, 0.1) is 0 Å². The van der Waals surface area contributed by atoms with E-state index >= 15 is 0 Å². The Hall–Kier alpha value is -3.77. The number of carbonyl (C=O) groups excluding carboxylic acids is 1. The molecular formula is C25H19ClN2O4. The first-order chi connectivity index (χ1) is 15.7. The zero-order valence-corrected chi connectivity index (χ0v) is 17.8. The highest BCUT2D eigenvalue weighted by Gasteiger charge is 2.20. The van der Waals surface area contributed by atoms with Crippen LogP contribution in [0.2, 0.25) is 5.02 Å². The lowest BCUT2D eigenvalue weighted by Gasteiger charge is -2.13. The van der Waals surface area contributed by atoms with Crippen LogP contribution in [0.25, 0.3) is 22.8 Å². The summed E-state index contributed by atoms with van der Waals surface area (Å²) in [5.41, 5.74) is 2.34. The van der Waals surface area contributed by atoms with Crippen LogP contribution in [-0.4, -0.2) is 24.1 Å². The fourth-order valence-electron chi connectivity index (χ4n) is 3.47. The number of nitrogens with one attached hydrogen (secondary N) is 1. The molecule has 0 fully saturated rings. The Morgan fingerprint density at radius 2 is 1.66 bits per heavy atom. The zero-order valence-electron chi connectivity index (χ0n) is 17.0. The number of hydrogen-bond acceptors (Lipinski definition) is 5. The normalized spacial score (nSPS) is 12.8. The Morgan fingerprint density at radius 3 is 2.47 bits per heavy atom. The minimum atomic E-state index is -0.337. The van der Waals surface area contributed by atoms with Crippen LogP contribution in [0.4, 0.5) is 5.69 Å². The molecule has 0 atom stereocenters. The molecule has 32 heavy (non-hydrogen) atoms. The summed E-state index contributed by atoms with van der Waals surface area (Å²) in [6.07, 6.45) is 2.43. The van der Waals surface area contributed by atoms with Crippen LogP contribution in [0.1, 0.15) is 16.8 Å². The molecule has 1 aromatic heterocycles. The number of benzene rings is 3. The molecule has 3 aromatic carbocycles. The van der Waals surface area contributed by atoms with E-state index < -0.39 is 0 Å². The van der Waals surface area contributed by atoms with Crippen LogP contribution >= 0.6 is 11.6 Å². The van der Waals surface area contributed by atoms with Gasteiger partial charge >= 0.3 is 0 Å². The molecule has 0 aliphatic carbocycles. The molecule has 1 N–H and O–H groups in total. The second kappa shape index (κ2) is 8.77. The van der Waals surface area contributed by atoms with Gasteiger partial charge in [-0.05, 0) is 12.1 Å². The molecule has 0 saturated heterocycles. The number of ether oxygens (including phenoxy) is 2. The Kier molecular flexibility index (Phi) is 5.52. The van der Waals surface area contributed by atoms with E-state index in [0.29, 0.717) is 58.2 Å². The van der Waals surface area contributed by atoms with Crippen molar-refractivity contribution < 1.29 is 18.7 Å². The quantitative estimate of drug-likeness (QED) is 0.411. The van der Waals surface area contributed by atoms with Gasteiger partial charge in [0.1, 0.15) is 0 Å². The molecule has 0 radical (unpaired) electrons. The number of halogens is 1. The summed E-state index contributed by atoms with van der Waals surface area (Å²) in [5.74, 6) is 1.77. The van der Waals surface area contributed by atoms with E-state index in [1.54, 1.807) is 36.5 Å². The first kappa shape index (κ1) is 20.2. The summed E-state index contributed by atoms with van der Waals surface area (Å²) in [5, 5.41) is 3.23. The van der Waals surface area contributed by atoms with Crippen LogP contribution in [0.3, 0.4) is 0 Å². The molecule has 2 heterocycles. The fraction of sp³-hybridized carbons (Fsp3) is 0.120. The second-order valence-corrected chi connectivity index (χ2v) is 7.63. The smallest absolute Gasteiger partial charge is 0.256 e. The van der Waals surface area contributed by atoms with Crippen LogP contribution in [0.5, 0.6) is 11.5 Å². The summed E-state index contributed by atoms with van der Waals surface area (Å²) >= 11 is 6.39. The lowest BCUT2D eigenvalue weighted by molar-refractivity contribution is 0.102. The van der Waals surface area contributed by atoms with E-state index in [9.17, 15) is 4.79 Å². The maximum atomic E-state index is 13.2. The Labute approximate surface area is 189 Å². The van der Waals surface area contributed by atoms with Crippen molar-refractivity contribution in [3.8, 4) is 34.3 Å². The van der Waals surface area contributed by atoms with Crippen molar-refractivity contribution >= 4 is 23.2 Å². The van der Waals surface area contributed by atoms with E-state index in [4.69, 9.17) is 25.5 Å². The summed E-state index contributed by atoms with van der Waals surface area (Å²) in [6, 6.07) is 20.1.